The fraction of sp³-hybridized carbons (Fsp3) is 0.833. The summed E-state index contributed by atoms with van der Waals surface area (Å²) < 4.78 is 0. The molecule has 17 heavy (non-hydrogen) atoms. The summed E-state index contributed by atoms with van der Waals surface area (Å²) in [6.45, 7) is 7.75. The van der Waals surface area contributed by atoms with Crippen molar-refractivity contribution < 1.29 is 19.8 Å². The predicted molar refractivity (Wildman–Crippen MR) is 62.4 cm³/mol. The molecule has 1 rings (SSSR count). The number of carboxylic acid groups (broad SMARTS) is 1. The first kappa shape index (κ1) is 14.0. The zero-order valence-corrected chi connectivity index (χ0v) is 10.8. The van der Waals surface area contributed by atoms with Crippen LogP contribution in [0.1, 0.15) is 34.1 Å². The zero-order chi connectivity index (χ0) is 13.4. The molecule has 0 aromatic heterocycles. The Labute approximate surface area is 101 Å². The van der Waals surface area contributed by atoms with E-state index in [0.29, 0.717) is 0 Å². The number of aliphatic hydroxyl groups excluding tert-OH is 1. The Morgan fingerprint density at radius 3 is 2.29 bits per heavy atom. The molecule has 98 valence electrons. The largest absolute Gasteiger partial charge is 0.480 e. The van der Waals surface area contributed by atoms with Gasteiger partial charge in [-0.05, 0) is 5.41 Å². The number of carbonyl (C=O) groups excluding carboxylic acids is 1. The maximum absolute atomic E-state index is 12.2. The van der Waals surface area contributed by atoms with Crippen molar-refractivity contribution in [1.82, 2.24) is 4.90 Å². The Morgan fingerprint density at radius 1 is 1.35 bits per heavy atom. The maximum Gasteiger partial charge on any atom is 0.326 e. The highest BCUT2D eigenvalue weighted by molar-refractivity contribution is 5.86. The van der Waals surface area contributed by atoms with Gasteiger partial charge in [-0.15, -0.1) is 0 Å². The summed E-state index contributed by atoms with van der Waals surface area (Å²) in [6.07, 6.45) is -0.606. The average molecular weight is 243 g/mol. The number of amides is 1. The molecule has 0 aliphatic carbocycles. The second-order valence-corrected chi connectivity index (χ2v) is 5.82. The maximum atomic E-state index is 12.2. The molecule has 1 amide bonds. The van der Waals surface area contributed by atoms with Gasteiger partial charge in [0.2, 0.25) is 5.91 Å². The Bertz CT molecular complexity index is 321. The van der Waals surface area contributed by atoms with Gasteiger partial charge in [0.1, 0.15) is 6.04 Å². The lowest BCUT2D eigenvalue weighted by molar-refractivity contribution is -0.151. The van der Waals surface area contributed by atoms with Crippen molar-refractivity contribution in [3.63, 3.8) is 0 Å². The summed E-state index contributed by atoms with van der Waals surface area (Å²) in [7, 11) is 0. The highest BCUT2D eigenvalue weighted by Gasteiger charge is 2.42. The van der Waals surface area contributed by atoms with Gasteiger partial charge in [0.25, 0.3) is 0 Å². The van der Waals surface area contributed by atoms with Gasteiger partial charge >= 0.3 is 5.97 Å². The molecule has 1 unspecified atom stereocenters. The summed E-state index contributed by atoms with van der Waals surface area (Å²) in [6, 6.07) is -0.887. The molecule has 2 N–H and O–H groups in total. The van der Waals surface area contributed by atoms with Crippen molar-refractivity contribution >= 4 is 11.9 Å². The number of hydrogen-bond donors (Lipinski definition) is 2. The topological polar surface area (TPSA) is 77.8 Å². The number of carbonyl (C=O) groups is 2. The van der Waals surface area contributed by atoms with E-state index in [0.717, 1.165) is 0 Å². The molecule has 0 aromatic carbocycles. The third-order valence-electron chi connectivity index (χ3n) is 3.52. The minimum Gasteiger partial charge on any atom is -0.480 e. The van der Waals surface area contributed by atoms with Gasteiger partial charge in [-0.3, -0.25) is 4.79 Å². The van der Waals surface area contributed by atoms with Crippen LogP contribution in [0.2, 0.25) is 0 Å². The molecule has 1 saturated heterocycles. The first-order valence-corrected chi connectivity index (χ1v) is 5.86. The summed E-state index contributed by atoms with van der Waals surface area (Å²) in [4.78, 5) is 24.5. The molecule has 3 atom stereocenters. The first-order valence-electron chi connectivity index (χ1n) is 5.86. The Hall–Kier alpha value is -1.10. The standard InChI is InChI=1S/C12H21NO4/c1-7(12(2,3)4)10(15)13-6-8(14)5-9(13)11(16)17/h7-9,14H,5-6H2,1-4H3,(H,16,17)/t7-,8+,9?/m1/s1. The second-order valence-electron chi connectivity index (χ2n) is 5.82. The number of carboxylic acids is 1. The molecule has 0 radical (unpaired) electrons. The van der Waals surface area contributed by atoms with Crippen LogP contribution in [-0.2, 0) is 9.59 Å². The summed E-state index contributed by atoms with van der Waals surface area (Å²) in [5.41, 5.74) is -0.215. The van der Waals surface area contributed by atoms with Crippen LogP contribution in [0.15, 0.2) is 0 Å². The third-order valence-corrected chi connectivity index (χ3v) is 3.52. The number of hydrogen-bond acceptors (Lipinski definition) is 3. The monoisotopic (exact) mass is 243 g/mol. The molecule has 1 fully saturated rings. The molecule has 5 nitrogen and oxygen atoms in total. The molecule has 1 aliphatic heterocycles. The van der Waals surface area contributed by atoms with E-state index >= 15 is 0 Å². The Morgan fingerprint density at radius 2 is 1.88 bits per heavy atom. The smallest absolute Gasteiger partial charge is 0.326 e. The molecule has 5 heteroatoms. The summed E-state index contributed by atoms with van der Waals surface area (Å²) >= 11 is 0. The fourth-order valence-electron chi connectivity index (χ4n) is 1.91. The molecule has 0 bridgehead atoms. The Kier molecular flexibility index (Phi) is 3.81. The van der Waals surface area contributed by atoms with Gasteiger partial charge in [-0.25, -0.2) is 4.79 Å². The zero-order valence-electron chi connectivity index (χ0n) is 10.8. The fourth-order valence-corrected chi connectivity index (χ4v) is 1.91. The van der Waals surface area contributed by atoms with E-state index in [1.807, 2.05) is 20.8 Å². The lowest BCUT2D eigenvalue weighted by Gasteiger charge is -2.31. The van der Waals surface area contributed by atoms with Gasteiger partial charge in [-0.1, -0.05) is 27.7 Å². The van der Waals surface area contributed by atoms with Crippen molar-refractivity contribution in [1.29, 1.82) is 0 Å². The van der Waals surface area contributed by atoms with Crippen molar-refractivity contribution in [3.8, 4) is 0 Å². The van der Waals surface area contributed by atoms with E-state index in [4.69, 9.17) is 5.11 Å². The van der Waals surface area contributed by atoms with Crippen molar-refractivity contribution in [2.75, 3.05) is 6.54 Å². The van der Waals surface area contributed by atoms with E-state index < -0.39 is 18.1 Å². The number of β-amino-alcohol motifs (C(OH)–C–C–N with tert-alkyl or cyclic N) is 1. The highest BCUT2D eigenvalue weighted by atomic mass is 16.4. The van der Waals surface area contributed by atoms with E-state index in [1.165, 1.54) is 4.90 Å². The second kappa shape index (κ2) is 4.64. The van der Waals surface area contributed by atoms with Crippen molar-refractivity contribution in [2.24, 2.45) is 11.3 Å². The molecular weight excluding hydrogens is 222 g/mol. The van der Waals surface area contributed by atoms with Crippen LogP contribution in [-0.4, -0.2) is 45.7 Å². The lowest BCUT2D eigenvalue weighted by atomic mass is 9.81. The van der Waals surface area contributed by atoms with Gasteiger partial charge in [0.15, 0.2) is 0 Å². The van der Waals surface area contributed by atoms with Crippen LogP contribution in [0.5, 0.6) is 0 Å². The summed E-state index contributed by atoms with van der Waals surface area (Å²) in [5, 5.41) is 18.5. The third kappa shape index (κ3) is 2.97. The van der Waals surface area contributed by atoms with Gasteiger partial charge in [-0.2, -0.15) is 0 Å². The van der Waals surface area contributed by atoms with E-state index in [1.54, 1.807) is 6.92 Å². The van der Waals surface area contributed by atoms with Crippen LogP contribution < -0.4 is 0 Å². The molecule has 0 saturated carbocycles. The number of aliphatic hydroxyl groups is 1. The van der Waals surface area contributed by atoms with E-state index in [2.05, 4.69) is 0 Å². The van der Waals surface area contributed by atoms with Crippen LogP contribution in [0, 0.1) is 11.3 Å². The molecular formula is C12H21NO4. The van der Waals surface area contributed by atoms with Crippen LogP contribution in [0.4, 0.5) is 0 Å². The van der Waals surface area contributed by atoms with Crippen LogP contribution in [0.25, 0.3) is 0 Å². The van der Waals surface area contributed by atoms with Gasteiger partial charge in [0.05, 0.1) is 6.10 Å². The summed E-state index contributed by atoms with van der Waals surface area (Å²) in [5.74, 6) is -1.51. The highest BCUT2D eigenvalue weighted by Crippen LogP contribution is 2.30. The van der Waals surface area contributed by atoms with Gasteiger partial charge in [0, 0.05) is 18.9 Å². The minimum atomic E-state index is -1.05. The molecule has 0 spiro atoms. The number of nitrogens with zero attached hydrogens (tertiary/aromatic N) is 1. The van der Waals surface area contributed by atoms with Crippen molar-refractivity contribution in [2.45, 2.75) is 46.3 Å². The van der Waals surface area contributed by atoms with E-state index in [9.17, 15) is 14.7 Å². The average Bonchev–Trinajstić information content (AvgIpc) is 2.56. The lowest BCUT2D eigenvalue weighted by Crippen LogP contribution is -2.45. The molecule has 1 heterocycles. The number of likely N-dealkylation sites (tertiary alicyclic amines) is 1. The number of rotatable bonds is 2. The molecule has 0 aromatic rings. The predicted octanol–water partition coefficient (Wildman–Crippen LogP) is 0.715. The van der Waals surface area contributed by atoms with Crippen LogP contribution >= 0.6 is 0 Å². The first-order chi connectivity index (χ1) is 7.64. The Balaban J connectivity index is 2.84. The minimum absolute atomic E-state index is 0.121. The molecule has 1 aliphatic rings. The van der Waals surface area contributed by atoms with Gasteiger partial charge < -0.3 is 15.1 Å². The SMILES string of the molecule is C[C@H](C(=O)N1C[C@@H](O)CC1C(=O)O)C(C)(C)C. The van der Waals surface area contributed by atoms with E-state index in [-0.39, 0.29) is 30.2 Å². The number of aliphatic carboxylic acids is 1. The quantitative estimate of drug-likeness (QED) is 0.749. The normalized spacial score (nSPS) is 27.0. The van der Waals surface area contributed by atoms with Crippen molar-refractivity contribution in [3.05, 3.63) is 0 Å². The van der Waals surface area contributed by atoms with Crippen LogP contribution in [0.3, 0.4) is 0 Å².